The number of hydrogen-bond donors (Lipinski definition) is 2. The predicted octanol–water partition coefficient (Wildman–Crippen LogP) is 3.55. The number of nitrogens with zero attached hydrogens (tertiary/aromatic N) is 1. The summed E-state index contributed by atoms with van der Waals surface area (Å²) >= 11 is 0. The first kappa shape index (κ1) is 13.8. The summed E-state index contributed by atoms with van der Waals surface area (Å²) in [5.41, 5.74) is 0.803. The second-order valence-corrected chi connectivity index (χ2v) is 5.91. The zero-order valence-corrected chi connectivity index (χ0v) is 11.6. The Morgan fingerprint density at radius 2 is 2.05 bits per heavy atom. The van der Waals surface area contributed by atoms with Crippen molar-refractivity contribution in [3.05, 3.63) is 24.0 Å². The lowest BCUT2D eigenvalue weighted by atomic mass is 9.76. The van der Waals surface area contributed by atoms with Gasteiger partial charge in [0.2, 0.25) is 0 Å². The summed E-state index contributed by atoms with van der Waals surface area (Å²) in [5, 5.41) is 12.6. The molecule has 1 heterocycles. The highest BCUT2D eigenvalue weighted by Crippen LogP contribution is 2.35. The van der Waals surface area contributed by atoms with Crippen molar-refractivity contribution in [2.45, 2.75) is 51.5 Å². The van der Waals surface area contributed by atoms with Crippen LogP contribution in [0.25, 0.3) is 0 Å². The molecule has 1 aliphatic rings. The van der Waals surface area contributed by atoms with E-state index in [1.807, 2.05) is 0 Å². The summed E-state index contributed by atoms with van der Waals surface area (Å²) < 4.78 is 0. The van der Waals surface area contributed by atoms with Crippen LogP contribution in [0.1, 0.15) is 56.3 Å². The molecular weight excluding hydrogens is 240 g/mol. The number of carbonyl (C=O) groups is 1. The molecule has 0 spiro atoms. The van der Waals surface area contributed by atoms with E-state index in [0.29, 0.717) is 17.2 Å². The maximum atomic E-state index is 11.2. The van der Waals surface area contributed by atoms with Crippen LogP contribution < -0.4 is 5.32 Å². The van der Waals surface area contributed by atoms with Crippen LogP contribution >= 0.6 is 0 Å². The number of rotatable bonds is 4. The molecular formula is C15H22N2O2. The Bertz CT molecular complexity index is 451. The lowest BCUT2D eigenvalue weighted by molar-refractivity contribution is 0.0697. The Kier molecular flexibility index (Phi) is 4.08. The largest absolute Gasteiger partial charge is 0.478 e. The second kappa shape index (κ2) is 5.59. The molecule has 104 valence electrons. The Balaban J connectivity index is 2.17. The second-order valence-electron chi connectivity index (χ2n) is 5.91. The summed E-state index contributed by atoms with van der Waals surface area (Å²) in [6.07, 6.45) is 9.41. The zero-order valence-electron chi connectivity index (χ0n) is 11.6. The van der Waals surface area contributed by atoms with E-state index in [-0.39, 0.29) is 5.54 Å². The fourth-order valence-corrected chi connectivity index (χ4v) is 2.95. The van der Waals surface area contributed by atoms with Gasteiger partial charge in [-0.25, -0.2) is 4.79 Å². The minimum atomic E-state index is -0.913. The van der Waals surface area contributed by atoms with Gasteiger partial charge in [-0.05, 0) is 38.7 Å². The first-order valence-corrected chi connectivity index (χ1v) is 6.96. The van der Waals surface area contributed by atoms with Crippen LogP contribution in [0.4, 0.5) is 5.69 Å². The van der Waals surface area contributed by atoms with Crippen molar-refractivity contribution in [3.8, 4) is 0 Å². The predicted molar refractivity (Wildman–Crippen MR) is 75.5 cm³/mol. The van der Waals surface area contributed by atoms with Gasteiger partial charge in [-0.2, -0.15) is 0 Å². The van der Waals surface area contributed by atoms with Gasteiger partial charge < -0.3 is 10.4 Å². The van der Waals surface area contributed by atoms with Crippen molar-refractivity contribution in [1.29, 1.82) is 0 Å². The van der Waals surface area contributed by atoms with Gasteiger partial charge >= 0.3 is 5.97 Å². The van der Waals surface area contributed by atoms with Crippen molar-refractivity contribution in [2.24, 2.45) is 5.92 Å². The van der Waals surface area contributed by atoms with Crippen LogP contribution in [-0.4, -0.2) is 21.6 Å². The van der Waals surface area contributed by atoms with E-state index in [1.54, 1.807) is 12.3 Å². The highest BCUT2D eigenvalue weighted by atomic mass is 16.4. The number of carboxylic acids is 1. The maximum Gasteiger partial charge on any atom is 0.337 e. The van der Waals surface area contributed by atoms with Crippen LogP contribution in [0.3, 0.4) is 0 Å². The van der Waals surface area contributed by atoms with Crippen molar-refractivity contribution in [2.75, 3.05) is 5.32 Å². The molecule has 1 fully saturated rings. The third-order valence-corrected chi connectivity index (χ3v) is 4.13. The van der Waals surface area contributed by atoms with Gasteiger partial charge in [0, 0.05) is 11.7 Å². The Morgan fingerprint density at radius 3 is 2.68 bits per heavy atom. The highest BCUT2D eigenvalue weighted by molar-refractivity contribution is 5.93. The first-order valence-electron chi connectivity index (χ1n) is 6.96. The van der Waals surface area contributed by atoms with Gasteiger partial charge in [0.25, 0.3) is 0 Å². The standard InChI is InChI=1S/C15H22N2O2/c1-15(2,11-6-4-3-5-7-11)17-13-10-16-9-8-12(13)14(18)19/h8-11,17H,3-7H2,1-2H3,(H,18,19). The molecule has 1 aromatic rings. The summed E-state index contributed by atoms with van der Waals surface area (Å²) in [6, 6.07) is 1.54. The van der Waals surface area contributed by atoms with Crippen LogP contribution in [0, 0.1) is 5.92 Å². The molecule has 0 amide bonds. The van der Waals surface area contributed by atoms with Crippen LogP contribution in [0.2, 0.25) is 0 Å². The fourth-order valence-electron chi connectivity index (χ4n) is 2.95. The number of aromatic nitrogens is 1. The smallest absolute Gasteiger partial charge is 0.337 e. The molecule has 19 heavy (non-hydrogen) atoms. The summed E-state index contributed by atoms with van der Waals surface area (Å²) in [5.74, 6) is -0.326. The fraction of sp³-hybridized carbons (Fsp3) is 0.600. The van der Waals surface area contributed by atoms with Gasteiger partial charge in [-0.15, -0.1) is 0 Å². The van der Waals surface area contributed by atoms with Crippen LogP contribution in [-0.2, 0) is 0 Å². The minimum absolute atomic E-state index is 0.104. The molecule has 0 aromatic carbocycles. The minimum Gasteiger partial charge on any atom is -0.478 e. The molecule has 0 unspecified atom stereocenters. The number of nitrogens with one attached hydrogen (secondary N) is 1. The number of aromatic carboxylic acids is 1. The maximum absolute atomic E-state index is 11.2. The Hall–Kier alpha value is -1.58. The van der Waals surface area contributed by atoms with Gasteiger partial charge in [-0.3, -0.25) is 4.98 Å². The van der Waals surface area contributed by atoms with E-state index >= 15 is 0 Å². The number of pyridine rings is 1. The van der Waals surface area contributed by atoms with E-state index < -0.39 is 5.97 Å². The molecule has 0 aliphatic heterocycles. The molecule has 2 N–H and O–H groups in total. The SMILES string of the molecule is CC(C)(Nc1cnccc1C(=O)O)C1CCCCC1. The topological polar surface area (TPSA) is 62.2 Å². The summed E-state index contributed by atoms with van der Waals surface area (Å²) in [7, 11) is 0. The van der Waals surface area contributed by atoms with Crippen molar-refractivity contribution in [1.82, 2.24) is 4.98 Å². The molecule has 0 bridgehead atoms. The summed E-state index contributed by atoms with van der Waals surface area (Å²) in [4.78, 5) is 15.2. The van der Waals surface area contributed by atoms with E-state index in [1.165, 1.54) is 38.3 Å². The van der Waals surface area contributed by atoms with E-state index in [2.05, 4.69) is 24.1 Å². The molecule has 0 saturated heterocycles. The van der Waals surface area contributed by atoms with Gasteiger partial charge in [-0.1, -0.05) is 19.3 Å². The average molecular weight is 262 g/mol. The molecule has 1 aliphatic carbocycles. The van der Waals surface area contributed by atoms with Crippen molar-refractivity contribution in [3.63, 3.8) is 0 Å². The summed E-state index contributed by atoms with van der Waals surface area (Å²) in [6.45, 7) is 4.31. The van der Waals surface area contributed by atoms with E-state index in [0.717, 1.165) is 0 Å². The molecule has 4 heteroatoms. The number of anilines is 1. The molecule has 1 saturated carbocycles. The number of carboxylic acid groups (broad SMARTS) is 1. The third-order valence-electron chi connectivity index (χ3n) is 4.13. The molecule has 2 rings (SSSR count). The lowest BCUT2D eigenvalue weighted by Crippen LogP contribution is -2.41. The monoisotopic (exact) mass is 262 g/mol. The van der Waals surface area contributed by atoms with Gasteiger partial charge in [0.05, 0.1) is 17.4 Å². The Labute approximate surface area is 114 Å². The molecule has 4 nitrogen and oxygen atoms in total. The quantitative estimate of drug-likeness (QED) is 0.871. The molecule has 0 atom stereocenters. The average Bonchev–Trinajstić information content (AvgIpc) is 2.39. The van der Waals surface area contributed by atoms with Crippen LogP contribution in [0.15, 0.2) is 18.5 Å². The normalized spacial score (nSPS) is 17.2. The lowest BCUT2D eigenvalue weighted by Gasteiger charge is -2.38. The Morgan fingerprint density at radius 1 is 1.37 bits per heavy atom. The third kappa shape index (κ3) is 3.25. The van der Waals surface area contributed by atoms with Crippen molar-refractivity contribution >= 4 is 11.7 Å². The first-order chi connectivity index (χ1) is 9.00. The van der Waals surface area contributed by atoms with Crippen molar-refractivity contribution < 1.29 is 9.90 Å². The van der Waals surface area contributed by atoms with E-state index in [4.69, 9.17) is 0 Å². The number of hydrogen-bond acceptors (Lipinski definition) is 3. The van der Waals surface area contributed by atoms with Gasteiger partial charge in [0.15, 0.2) is 0 Å². The van der Waals surface area contributed by atoms with Gasteiger partial charge in [0.1, 0.15) is 0 Å². The molecule has 1 aromatic heterocycles. The van der Waals surface area contributed by atoms with E-state index in [9.17, 15) is 9.90 Å². The van der Waals surface area contributed by atoms with Crippen LogP contribution in [0.5, 0.6) is 0 Å². The molecule has 0 radical (unpaired) electrons. The zero-order chi connectivity index (χ0) is 13.9. The highest BCUT2D eigenvalue weighted by Gasteiger charge is 2.31.